The zero-order valence-corrected chi connectivity index (χ0v) is 18.9. The van der Waals surface area contributed by atoms with Gasteiger partial charge in [0.05, 0.1) is 19.6 Å². The number of benzene rings is 1. The van der Waals surface area contributed by atoms with Gasteiger partial charge in [-0.15, -0.1) is 0 Å². The molecular weight excluding hydrogens is 371 g/mol. The molecular formula is C21H34NOY+. The maximum atomic E-state index is 13.2. The van der Waals surface area contributed by atoms with Crippen molar-refractivity contribution in [3.63, 3.8) is 0 Å². The van der Waals surface area contributed by atoms with Gasteiger partial charge in [0.15, 0.2) is 5.78 Å². The van der Waals surface area contributed by atoms with Crippen molar-refractivity contribution < 1.29 is 42.0 Å². The van der Waals surface area contributed by atoms with Crippen LogP contribution in [0.3, 0.4) is 0 Å². The number of likely N-dealkylation sites (tertiary alicyclic amines) is 1. The molecule has 1 heterocycles. The van der Waals surface area contributed by atoms with E-state index < -0.39 is 0 Å². The van der Waals surface area contributed by atoms with Crippen molar-refractivity contribution in [2.45, 2.75) is 72.3 Å². The number of piperidine rings is 1. The first-order chi connectivity index (χ1) is 11.0. The summed E-state index contributed by atoms with van der Waals surface area (Å²) in [6.45, 7) is 12.3. The van der Waals surface area contributed by atoms with Gasteiger partial charge in [-0.25, -0.2) is 0 Å². The first-order valence-corrected chi connectivity index (χ1v) is 9.47. The fourth-order valence-electron chi connectivity index (χ4n) is 4.62. The number of carbonyl (C=O) groups excluding carboxylic acids is 1. The predicted molar refractivity (Wildman–Crippen MR) is 97.7 cm³/mol. The second-order valence-corrected chi connectivity index (χ2v) is 7.39. The molecule has 1 atom stereocenters. The minimum Gasteiger partial charge on any atom is -0.315 e. The van der Waals surface area contributed by atoms with E-state index in [1.807, 2.05) is 0 Å². The van der Waals surface area contributed by atoms with Crippen LogP contribution in [-0.2, 0) is 43.9 Å². The van der Waals surface area contributed by atoms with E-state index in [4.69, 9.17) is 0 Å². The molecule has 0 unspecified atom stereocenters. The van der Waals surface area contributed by atoms with E-state index in [0.717, 1.165) is 17.4 Å². The molecule has 1 aromatic rings. The molecule has 0 bridgehead atoms. The Kier molecular flexibility index (Phi) is 9.34. The average Bonchev–Trinajstić information content (AvgIpc) is 2.53. The van der Waals surface area contributed by atoms with Crippen molar-refractivity contribution in [3.8, 4) is 0 Å². The Labute approximate surface area is 173 Å². The number of rotatable bonds is 7. The Hall–Kier alpha value is -0.0461. The summed E-state index contributed by atoms with van der Waals surface area (Å²) in [6, 6.07) is 6.54. The quantitative estimate of drug-likeness (QED) is 0.606. The monoisotopic (exact) mass is 405 g/mol. The van der Waals surface area contributed by atoms with Crippen LogP contribution >= 0.6 is 0 Å². The molecule has 24 heavy (non-hydrogen) atoms. The molecule has 2 rings (SSSR count). The number of carbonyl (C=O) groups is 1. The molecule has 0 spiro atoms. The van der Waals surface area contributed by atoms with E-state index in [9.17, 15) is 4.79 Å². The number of hydrogen-bond acceptors (Lipinski definition) is 1. The van der Waals surface area contributed by atoms with Crippen molar-refractivity contribution >= 4 is 5.78 Å². The Morgan fingerprint density at radius 3 is 2.17 bits per heavy atom. The Bertz CT molecular complexity index is 509. The van der Waals surface area contributed by atoms with E-state index in [1.165, 1.54) is 55.5 Å². The summed E-state index contributed by atoms with van der Waals surface area (Å²) in [6.07, 6.45) is 6.67. The molecule has 2 nitrogen and oxygen atoms in total. The van der Waals surface area contributed by atoms with Crippen LogP contribution in [0, 0.1) is 13.8 Å². The van der Waals surface area contributed by atoms with Gasteiger partial charge in [-0.3, -0.25) is 4.79 Å². The van der Waals surface area contributed by atoms with Crippen LogP contribution in [0.2, 0.25) is 0 Å². The number of hydrogen-bond donors (Lipinski definition) is 0. The van der Waals surface area contributed by atoms with Gasteiger partial charge in [-0.1, -0.05) is 32.0 Å². The third kappa shape index (κ3) is 4.99. The Morgan fingerprint density at radius 2 is 1.67 bits per heavy atom. The van der Waals surface area contributed by atoms with Crippen LogP contribution in [0.4, 0.5) is 0 Å². The fraction of sp³-hybridized carbons (Fsp3) is 0.667. The summed E-state index contributed by atoms with van der Waals surface area (Å²) in [7, 11) is 0. The smallest absolute Gasteiger partial charge is 0.194 e. The largest absolute Gasteiger partial charge is 0.315 e. The molecule has 1 aliphatic heterocycles. The SMILES string of the molecule is CCC[N+]1([C@@H](CC)C(=O)Cc2c(C)cccc2C)CCCCC1.[Y]. The van der Waals surface area contributed by atoms with Crippen molar-refractivity contribution in [2.75, 3.05) is 19.6 Å². The topological polar surface area (TPSA) is 17.1 Å². The zero-order chi connectivity index (χ0) is 16.9. The minimum absolute atomic E-state index is 0. The minimum atomic E-state index is 0. The van der Waals surface area contributed by atoms with E-state index >= 15 is 0 Å². The average molecular weight is 405 g/mol. The second kappa shape index (κ2) is 10.2. The number of nitrogens with zero attached hydrogens (tertiary/aromatic N) is 1. The third-order valence-electron chi connectivity index (χ3n) is 5.79. The molecule has 1 fully saturated rings. The molecule has 0 aromatic heterocycles. The van der Waals surface area contributed by atoms with Crippen molar-refractivity contribution in [2.24, 2.45) is 0 Å². The van der Waals surface area contributed by atoms with E-state index in [1.54, 1.807) is 0 Å². The molecule has 131 valence electrons. The zero-order valence-electron chi connectivity index (χ0n) is 16.1. The number of aryl methyl sites for hydroxylation is 2. The summed E-state index contributed by atoms with van der Waals surface area (Å²) >= 11 is 0. The van der Waals surface area contributed by atoms with Crippen LogP contribution in [0.5, 0.6) is 0 Å². The fourth-order valence-corrected chi connectivity index (χ4v) is 4.62. The molecule has 1 radical (unpaired) electrons. The van der Waals surface area contributed by atoms with Gasteiger partial charge in [0.25, 0.3) is 0 Å². The van der Waals surface area contributed by atoms with E-state index in [0.29, 0.717) is 12.2 Å². The second-order valence-electron chi connectivity index (χ2n) is 7.39. The Balaban J connectivity index is 0.00000288. The molecule has 1 aliphatic rings. The molecule has 1 aromatic carbocycles. The molecule has 0 aliphatic carbocycles. The Morgan fingerprint density at radius 1 is 1.08 bits per heavy atom. The van der Waals surface area contributed by atoms with Gasteiger partial charge in [0, 0.05) is 45.6 Å². The molecule has 0 N–H and O–H groups in total. The van der Waals surface area contributed by atoms with Crippen LogP contribution in [-0.4, -0.2) is 35.9 Å². The maximum absolute atomic E-state index is 13.2. The van der Waals surface area contributed by atoms with Gasteiger partial charge in [-0.05, 0) is 56.2 Å². The molecule has 0 saturated carbocycles. The summed E-state index contributed by atoms with van der Waals surface area (Å²) < 4.78 is 1.05. The summed E-state index contributed by atoms with van der Waals surface area (Å²) in [4.78, 5) is 13.2. The van der Waals surface area contributed by atoms with Gasteiger partial charge in [0.2, 0.25) is 0 Å². The summed E-state index contributed by atoms with van der Waals surface area (Å²) in [5.41, 5.74) is 3.77. The first kappa shape index (κ1) is 22.0. The van der Waals surface area contributed by atoms with Gasteiger partial charge in [-0.2, -0.15) is 0 Å². The summed E-state index contributed by atoms with van der Waals surface area (Å²) in [5, 5.41) is 0. The van der Waals surface area contributed by atoms with Crippen LogP contribution in [0.25, 0.3) is 0 Å². The van der Waals surface area contributed by atoms with Crippen molar-refractivity contribution in [1.82, 2.24) is 0 Å². The van der Waals surface area contributed by atoms with Crippen molar-refractivity contribution in [3.05, 3.63) is 34.9 Å². The first-order valence-electron chi connectivity index (χ1n) is 9.47. The number of quaternary nitrogens is 1. The van der Waals surface area contributed by atoms with Crippen LogP contribution in [0.15, 0.2) is 18.2 Å². The van der Waals surface area contributed by atoms with Gasteiger partial charge >= 0.3 is 0 Å². The maximum Gasteiger partial charge on any atom is 0.194 e. The third-order valence-corrected chi connectivity index (χ3v) is 5.79. The molecule has 1 saturated heterocycles. The normalized spacial score (nSPS) is 17.8. The van der Waals surface area contributed by atoms with Crippen molar-refractivity contribution in [1.29, 1.82) is 0 Å². The van der Waals surface area contributed by atoms with E-state index in [-0.39, 0.29) is 38.8 Å². The van der Waals surface area contributed by atoms with Crippen LogP contribution < -0.4 is 0 Å². The van der Waals surface area contributed by atoms with E-state index in [2.05, 4.69) is 45.9 Å². The number of ketones is 1. The standard InChI is InChI=1S/C21H34NO.Y/c1-5-13-22(14-8-7-9-15-22)20(6-2)21(23)16-19-17(3)11-10-12-18(19)4;/h10-12,20H,5-9,13-16H2,1-4H3;/q+1;/t20-;/m0./s1. The van der Waals surface area contributed by atoms with Gasteiger partial charge in [0.1, 0.15) is 6.04 Å². The predicted octanol–water partition coefficient (Wildman–Crippen LogP) is 4.60. The van der Waals surface area contributed by atoms with Gasteiger partial charge < -0.3 is 4.48 Å². The molecule has 0 amide bonds. The number of Topliss-reactive ketones (excluding diaryl/α,β-unsaturated/α-hetero) is 1. The molecule has 3 heteroatoms. The van der Waals surface area contributed by atoms with Crippen LogP contribution in [0.1, 0.15) is 62.6 Å². The summed E-state index contributed by atoms with van der Waals surface area (Å²) in [5.74, 6) is 0.459.